The normalized spacial score (nSPS) is 14.0. The fourth-order valence-electron chi connectivity index (χ4n) is 2.88. The molecule has 0 aliphatic carbocycles. The summed E-state index contributed by atoms with van der Waals surface area (Å²) in [4.78, 5) is 63.8. The maximum Gasteiger partial charge on any atom is 0.325 e. The molecule has 4 atom stereocenters. The maximum atomic E-state index is 13.0. The molecular weight excluding hydrogens is 464 g/mol. The number of carboxylic acids is 2. The third-order valence-corrected chi connectivity index (χ3v) is 4.89. The summed E-state index contributed by atoms with van der Waals surface area (Å²) in [5, 5.41) is 25.1. The molecule has 15 heteroatoms. The smallest absolute Gasteiger partial charge is 0.325 e. The first-order valence-corrected chi connectivity index (χ1v) is 11.3. The van der Waals surface area contributed by atoms with Crippen LogP contribution >= 0.6 is 0 Å². The van der Waals surface area contributed by atoms with Gasteiger partial charge in [-0.3, -0.25) is 29.0 Å². The highest BCUT2D eigenvalue weighted by Crippen LogP contribution is 2.06. The molecule has 15 nitrogen and oxygen atoms in total. The van der Waals surface area contributed by atoms with Gasteiger partial charge in [0.1, 0.15) is 18.1 Å². The summed E-state index contributed by atoms with van der Waals surface area (Å²) in [7, 11) is 0. The van der Waals surface area contributed by atoms with E-state index < -0.39 is 60.2 Å². The minimum atomic E-state index is -1.35. The molecule has 0 heterocycles. The average molecular weight is 503 g/mol. The van der Waals surface area contributed by atoms with Gasteiger partial charge >= 0.3 is 11.9 Å². The largest absolute Gasteiger partial charge is 0.481 e. The van der Waals surface area contributed by atoms with E-state index in [4.69, 9.17) is 33.1 Å². The lowest BCUT2D eigenvalue weighted by Crippen LogP contribution is -2.56. The van der Waals surface area contributed by atoms with E-state index in [1.54, 1.807) is 0 Å². The number of hydrogen-bond donors (Lipinski definition) is 9. The number of nitrogens with two attached hydrogens (primary N) is 4. The summed E-state index contributed by atoms with van der Waals surface area (Å²) >= 11 is 0. The first-order chi connectivity index (χ1) is 16.4. The van der Waals surface area contributed by atoms with Crippen molar-refractivity contribution in [3.05, 3.63) is 0 Å². The molecule has 13 N–H and O–H groups in total. The van der Waals surface area contributed by atoms with Gasteiger partial charge in [0.05, 0.1) is 6.04 Å². The Balaban J connectivity index is 5.46. The maximum absolute atomic E-state index is 13.0. The molecule has 0 aromatic heterocycles. The third kappa shape index (κ3) is 14.4. The number of carbonyl (C=O) groups is 5. The van der Waals surface area contributed by atoms with Gasteiger partial charge in [0.15, 0.2) is 5.96 Å². The summed E-state index contributed by atoms with van der Waals surface area (Å²) in [5.74, 6) is -4.90. The first kappa shape index (κ1) is 31.5. The molecule has 0 aromatic rings. The molecule has 0 aliphatic heterocycles. The number of hydrogen-bond acceptors (Lipinski definition) is 8. The highest BCUT2D eigenvalue weighted by atomic mass is 16.4. The summed E-state index contributed by atoms with van der Waals surface area (Å²) in [5.41, 5.74) is 21.9. The fourth-order valence-corrected chi connectivity index (χ4v) is 2.88. The van der Waals surface area contributed by atoms with Crippen LogP contribution in [0.1, 0.15) is 51.9 Å². The Morgan fingerprint density at radius 2 is 1.40 bits per heavy atom. The molecule has 0 spiro atoms. The molecule has 4 unspecified atom stereocenters. The molecule has 3 amide bonds. The zero-order valence-electron chi connectivity index (χ0n) is 19.9. The van der Waals surface area contributed by atoms with E-state index in [-0.39, 0.29) is 25.3 Å². The van der Waals surface area contributed by atoms with Crippen molar-refractivity contribution >= 4 is 35.6 Å². The molecule has 0 saturated heterocycles. The van der Waals surface area contributed by atoms with Crippen LogP contribution in [0.25, 0.3) is 0 Å². The fraction of sp³-hybridized carbons (Fsp3) is 0.700. The van der Waals surface area contributed by atoms with Gasteiger partial charge in [0, 0.05) is 13.0 Å². The second-order valence-corrected chi connectivity index (χ2v) is 7.96. The van der Waals surface area contributed by atoms with Crippen LogP contribution in [0.4, 0.5) is 0 Å². The second kappa shape index (κ2) is 17.0. The van der Waals surface area contributed by atoms with Crippen LogP contribution in [0, 0.1) is 0 Å². The Morgan fingerprint density at radius 3 is 1.94 bits per heavy atom. The minimum absolute atomic E-state index is 0.0860. The van der Waals surface area contributed by atoms with Gasteiger partial charge in [0.2, 0.25) is 17.7 Å². The number of aliphatic imine (C=N–C) groups is 1. The number of aliphatic carboxylic acids is 2. The van der Waals surface area contributed by atoms with Crippen molar-refractivity contribution < 1.29 is 34.2 Å². The highest BCUT2D eigenvalue weighted by Gasteiger charge is 2.29. The van der Waals surface area contributed by atoms with Gasteiger partial charge in [-0.2, -0.15) is 0 Å². The van der Waals surface area contributed by atoms with Crippen molar-refractivity contribution in [3.8, 4) is 0 Å². The number of rotatable bonds is 18. The number of nitrogens with one attached hydrogen (secondary N) is 3. The van der Waals surface area contributed by atoms with Crippen molar-refractivity contribution in [2.45, 2.75) is 76.0 Å². The number of guanidine groups is 1. The molecule has 0 fully saturated rings. The van der Waals surface area contributed by atoms with Crippen molar-refractivity contribution in [2.24, 2.45) is 27.9 Å². The minimum Gasteiger partial charge on any atom is -0.481 e. The van der Waals surface area contributed by atoms with Crippen LogP contribution in [0.5, 0.6) is 0 Å². The highest BCUT2D eigenvalue weighted by molar-refractivity contribution is 5.94. The van der Waals surface area contributed by atoms with Crippen LogP contribution in [-0.2, 0) is 24.0 Å². The van der Waals surface area contributed by atoms with Crippen molar-refractivity contribution in [1.29, 1.82) is 0 Å². The quantitative estimate of drug-likeness (QED) is 0.0514. The predicted molar refractivity (Wildman–Crippen MR) is 127 cm³/mol. The molecule has 0 aliphatic rings. The first-order valence-electron chi connectivity index (χ1n) is 11.3. The lowest BCUT2D eigenvalue weighted by atomic mass is 10.1. The van der Waals surface area contributed by atoms with Crippen molar-refractivity contribution in [2.75, 3.05) is 13.1 Å². The van der Waals surface area contributed by atoms with Crippen molar-refractivity contribution in [3.63, 3.8) is 0 Å². The van der Waals surface area contributed by atoms with E-state index in [0.717, 1.165) is 0 Å². The Labute approximate surface area is 203 Å². The lowest BCUT2D eigenvalue weighted by molar-refractivity contribution is -0.142. The third-order valence-electron chi connectivity index (χ3n) is 4.89. The summed E-state index contributed by atoms with van der Waals surface area (Å²) < 4.78 is 0. The molecule has 0 bridgehead atoms. The van der Waals surface area contributed by atoms with Gasteiger partial charge in [-0.05, 0) is 45.6 Å². The Kier molecular flexibility index (Phi) is 15.4. The summed E-state index contributed by atoms with van der Waals surface area (Å²) in [6.45, 7) is 1.84. The molecule has 0 radical (unpaired) electrons. The number of amides is 3. The van der Waals surface area contributed by atoms with Gasteiger partial charge in [-0.15, -0.1) is 0 Å². The van der Waals surface area contributed by atoms with E-state index in [9.17, 15) is 24.0 Å². The topological polar surface area (TPSA) is 278 Å². The summed E-state index contributed by atoms with van der Waals surface area (Å²) in [6, 6.07) is -4.64. The predicted octanol–water partition coefficient (Wildman–Crippen LogP) is -3.08. The van der Waals surface area contributed by atoms with E-state index in [1.165, 1.54) is 6.92 Å². The molecule has 0 rings (SSSR count). The van der Waals surface area contributed by atoms with E-state index in [2.05, 4.69) is 20.9 Å². The van der Waals surface area contributed by atoms with Gasteiger partial charge in [-0.1, -0.05) is 6.42 Å². The summed E-state index contributed by atoms with van der Waals surface area (Å²) in [6.07, 6.45) is 1.26. The lowest BCUT2D eigenvalue weighted by Gasteiger charge is -2.24. The van der Waals surface area contributed by atoms with Gasteiger partial charge < -0.3 is 49.1 Å². The molecule has 35 heavy (non-hydrogen) atoms. The van der Waals surface area contributed by atoms with Gasteiger partial charge in [-0.25, -0.2) is 0 Å². The molecular formula is C20H38N8O7. The second-order valence-electron chi connectivity index (χ2n) is 7.96. The molecule has 0 saturated carbocycles. The number of carbonyl (C=O) groups excluding carboxylic acids is 3. The number of carboxylic acid groups (broad SMARTS) is 2. The van der Waals surface area contributed by atoms with Crippen LogP contribution in [-0.4, -0.2) is 83.1 Å². The average Bonchev–Trinajstić information content (AvgIpc) is 2.77. The van der Waals surface area contributed by atoms with E-state index in [1.807, 2.05) is 0 Å². The Morgan fingerprint density at radius 1 is 0.829 bits per heavy atom. The Hall–Kier alpha value is -3.46. The molecule has 200 valence electrons. The van der Waals surface area contributed by atoms with E-state index in [0.29, 0.717) is 32.2 Å². The van der Waals surface area contributed by atoms with Gasteiger partial charge in [0.25, 0.3) is 0 Å². The monoisotopic (exact) mass is 502 g/mol. The standard InChI is InChI=1S/C20H38N8O7/c1-11(19(34)35)26-17(32)14(7-8-15(29)30)28-18(33)13(6-4-10-25-20(23)24)27-16(31)12(22)5-2-3-9-21/h11-14H,2-10,21-22H2,1H3,(H,26,32)(H,27,31)(H,28,33)(H,29,30)(H,34,35)(H4,23,24,25). The van der Waals surface area contributed by atoms with Crippen molar-refractivity contribution in [1.82, 2.24) is 16.0 Å². The number of unbranched alkanes of at least 4 members (excludes halogenated alkanes) is 1. The van der Waals surface area contributed by atoms with Crippen LogP contribution < -0.4 is 38.9 Å². The van der Waals surface area contributed by atoms with E-state index >= 15 is 0 Å². The molecule has 0 aromatic carbocycles. The van der Waals surface area contributed by atoms with Crippen LogP contribution in [0.2, 0.25) is 0 Å². The zero-order chi connectivity index (χ0) is 27.0. The SMILES string of the molecule is CC(NC(=O)C(CCC(=O)O)NC(=O)C(CCCN=C(N)N)NC(=O)C(N)CCCCN)C(=O)O. The van der Waals surface area contributed by atoms with Crippen LogP contribution in [0.15, 0.2) is 4.99 Å². The Bertz CT molecular complexity index is 758. The van der Waals surface area contributed by atoms with Crippen LogP contribution in [0.3, 0.4) is 0 Å². The number of nitrogens with zero attached hydrogens (tertiary/aromatic N) is 1. The zero-order valence-corrected chi connectivity index (χ0v) is 19.9.